The van der Waals surface area contributed by atoms with E-state index in [0.29, 0.717) is 19.5 Å². The van der Waals surface area contributed by atoms with Crippen molar-refractivity contribution >= 4 is 17.4 Å². The number of nitrogens with zero attached hydrogens (tertiary/aromatic N) is 1. The molecular weight excluding hydrogens is 359 g/mol. The van der Waals surface area contributed by atoms with E-state index in [1.807, 2.05) is 36.4 Å². The summed E-state index contributed by atoms with van der Waals surface area (Å²) in [6, 6.07) is 15.3. The summed E-state index contributed by atoms with van der Waals surface area (Å²) < 4.78 is 18.7. The van der Waals surface area contributed by atoms with E-state index >= 15 is 0 Å². The standard InChI is InChI=1S/C22H21FN2O3/c23-18-8-6-15(7-9-18)16-10-12-25(13-11-16)22(27)21-20(24-19(26)14-28-21)17-4-2-1-3-5-17/h1-10,20-21H,11-14H2,(H,24,26)/t20-,21+/m1/s1. The van der Waals surface area contributed by atoms with E-state index in [4.69, 9.17) is 4.74 Å². The van der Waals surface area contributed by atoms with Crippen molar-refractivity contribution in [2.75, 3.05) is 19.7 Å². The normalized spacial score (nSPS) is 22.4. The van der Waals surface area contributed by atoms with Gasteiger partial charge in [-0.1, -0.05) is 48.5 Å². The van der Waals surface area contributed by atoms with Crippen LogP contribution in [0.15, 0.2) is 60.7 Å². The van der Waals surface area contributed by atoms with Gasteiger partial charge in [0.15, 0.2) is 6.10 Å². The average Bonchev–Trinajstić information content (AvgIpc) is 2.74. The number of hydrogen-bond acceptors (Lipinski definition) is 3. The van der Waals surface area contributed by atoms with Crippen molar-refractivity contribution < 1.29 is 18.7 Å². The van der Waals surface area contributed by atoms with Crippen LogP contribution in [-0.4, -0.2) is 42.5 Å². The maximum Gasteiger partial charge on any atom is 0.254 e. The summed E-state index contributed by atoms with van der Waals surface area (Å²) in [5.41, 5.74) is 2.91. The maximum absolute atomic E-state index is 13.1. The van der Waals surface area contributed by atoms with Crippen LogP contribution in [0.2, 0.25) is 0 Å². The van der Waals surface area contributed by atoms with Gasteiger partial charge in [0.1, 0.15) is 12.4 Å². The van der Waals surface area contributed by atoms with Crippen LogP contribution in [0.1, 0.15) is 23.6 Å². The lowest BCUT2D eigenvalue weighted by Crippen LogP contribution is -2.53. The first kappa shape index (κ1) is 18.4. The van der Waals surface area contributed by atoms with E-state index in [9.17, 15) is 14.0 Å². The van der Waals surface area contributed by atoms with E-state index in [0.717, 1.165) is 16.7 Å². The Morgan fingerprint density at radius 3 is 2.54 bits per heavy atom. The molecule has 0 spiro atoms. The Morgan fingerprint density at radius 1 is 1.11 bits per heavy atom. The third kappa shape index (κ3) is 3.82. The number of carbonyl (C=O) groups is 2. The van der Waals surface area contributed by atoms with Crippen LogP contribution in [0.4, 0.5) is 4.39 Å². The first-order valence-electron chi connectivity index (χ1n) is 9.31. The fourth-order valence-corrected chi connectivity index (χ4v) is 3.66. The van der Waals surface area contributed by atoms with Gasteiger partial charge in [0, 0.05) is 13.1 Å². The molecule has 0 radical (unpaired) electrons. The van der Waals surface area contributed by atoms with Crippen LogP contribution in [0.5, 0.6) is 0 Å². The van der Waals surface area contributed by atoms with Crippen molar-refractivity contribution in [1.29, 1.82) is 0 Å². The summed E-state index contributed by atoms with van der Waals surface area (Å²) in [5.74, 6) is -0.626. The number of benzene rings is 2. The summed E-state index contributed by atoms with van der Waals surface area (Å²) in [5, 5.41) is 2.88. The molecule has 144 valence electrons. The third-order valence-corrected chi connectivity index (χ3v) is 5.15. The Hall–Kier alpha value is -2.99. The van der Waals surface area contributed by atoms with E-state index in [2.05, 4.69) is 5.32 Å². The number of amides is 2. The number of morpholine rings is 1. The van der Waals surface area contributed by atoms with Crippen LogP contribution in [0.3, 0.4) is 0 Å². The zero-order valence-corrected chi connectivity index (χ0v) is 15.3. The lowest BCUT2D eigenvalue weighted by molar-refractivity contribution is -0.155. The molecule has 1 fully saturated rings. The molecule has 28 heavy (non-hydrogen) atoms. The molecule has 1 N–H and O–H groups in total. The van der Waals surface area contributed by atoms with Gasteiger partial charge < -0.3 is 15.0 Å². The van der Waals surface area contributed by atoms with E-state index in [-0.39, 0.29) is 24.2 Å². The Bertz CT molecular complexity index is 896. The number of hydrogen-bond donors (Lipinski definition) is 1. The van der Waals surface area contributed by atoms with Gasteiger partial charge in [0.2, 0.25) is 5.91 Å². The van der Waals surface area contributed by atoms with Crippen molar-refractivity contribution in [2.24, 2.45) is 0 Å². The molecule has 2 heterocycles. The zero-order valence-electron chi connectivity index (χ0n) is 15.3. The molecular formula is C22H21FN2O3. The van der Waals surface area contributed by atoms with Gasteiger partial charge in [-0.25, -0.2) is 4.39 Å². The SMILES string of the molecule is O=C1CO[C@H](C(=O)N2CC=C(c3ccc(F)cc3)CC2)[C@@H](c2ccccc2)N1. The van der Waals surface area contributed by atoms with Crippen molar-refractivity contribution in [3.05, 3.63) is 77.6 Å². The molecule has 2 aromatic rings. The number of carbonyl (C=O) groups excluding carboxylic acids is 2. The Balaban J connectivity index is 1.49. The topological polar surface area (TPSA) is 58.6 Å². The highest BCUT2D eigenvalue weighted by Crippen LogP contribution is 2.27. The summed E-state index contributed by atoms with van der Waals surface area (Å²) in [4.78, 5) is 26.7. The molecule has 1 saturated heterocycles. The molecule has 0 saturated carbocycles. The third-order valence-electron chi connectivity index (χ3n) is 5.15. The van der Waals surface area contributed by atoms with E-state index < -0.39 is 12.1 Å². The quantitative estimate of drug-likeness (QED) is 0.891. The molecule has 2 atom stereocenters. The molecule has 0 unspecified atom stereocenters. The van der Waals surface area contributed by atoms with Crippen molar-refractivity contribution in [2.45, 2.75) is 18.6 Å². The highest BCUT2D eigenvalue weighted by Gasteiger charge is 2.38. The fraction of sp³-hybridized carbons (Fsp3) is 0.273. The highest BCUT2D eigenvalue weighted by molar-refractivity contribution is 5.87. The second kappa shape index (κ2) is 7.94. The molecule has 2 aliphatic rings. The number of rotatable bonds is 3. The summed E-state index contributed by atoms with van der Waals surface area (Å²) in [6.07, 6.45) is 1.93. The second-order valence-corrected chi connectivity index (χ2v) is 6.96. The number of nitrogens with one attached hydrogen (secondary N) is 1. The van der Waals surface area contributed by atoms with Gasteiger partial charge in [-0.05, 0) is 35.3 Å². The Morgan fingerprint density at radius 2 is 1.86 bits per heavy atom. The number of ether oxygens (including phenoxy) is 1. The maximum atomic E-state index is 13.1. The lowest BCUT2D eigenvalue weighted by Gasteiger charge is -2.36. The van der Waals surface area contributed by atoms with Gasteiger partial charge in [-0.15, -0.1) is 0 Å². The minimum atomic E-state index is -0.749. The first-order valence-corrected chi connectivity index (χ1v) is 9.31. The Kier molecular flexibility index (Phi) is 5.21. The Labute approximate surface area is 162 Å². The van der Waals surface area contributed by atoms with Crippen LogP contribution in [0.25, 0.3) is 5.57 Å². The predicted octanol–water partition coefficient (Wildman–Crippen LogP) is 2.70. The minimum absolute atomic E-state index is 0.121. The van der Waals surface area contributed by atoms with Crippen molar-refractivity contribution in [3.8, 4) is 0 Å². The van der Waals surface area contributed by atoms with Gasteiger partial charge >= 0.3 is 0 Å². The van der Waals surface area contributed by atoms with Crippen LogP contribution in [-0.2, 0) is 14.3 Å². The zero-order chi connectivity index (χ0) is 19.5. The molecule has 5 nitrogen and oxygen atoms in total. The monoisotopic (exact) mass is 380 g/mol. The molecule has 0 bridgehead atoms. The van der Waals surface area contributed by atoms with E-state index in [1.165, 1.54) is 12.1 Å². The van der Waals surface area contributed by atoms with Crippen LogP contribution in [0, 0.1) is 5.82 Å². The second-order valence-electron chi connectivity index (χ2n) is 6.96. The molecule has 0 aromatic heterocycles. The van der Waals surface area contributed by atoms with Gasteiger partial charge in [-0.3, -0.25) is 9.59 Å². The lowest BCUT2D eigenvalue weighted by atomic mass is 9.96. The molecule has 4 rings (SSSR count). The number of halogens is 1. The van der Waals surface area contributed by atoms with Gasteiger partial charge in [0.25, 0.3) is 5.91 Å². The predicted molar refractivity (Wildman–Crippen MR) is 103 cm³/mol. The fourth-order valence-electron chi connectivity index (χ4n) is 3.66. The first-order chi connectivity index (χ1) is 13.6. The molecule has 2 aliphatic heterocycles. The largest absolute Gasteiger partial charge is 0.356 e. The summed E-state index contributed by atoms with van der Waals surface area (Å²) in [6.45, 7) is 0.891. The smallest absolute Gasteiger partial charge is 0.254 e. The van der Waals surface area contributed by atoms with Crippen LogP contribution >= 0.6 is 0 Å². The average molecular weight is 380 g/mol. The van der Waals surface area contributed by atoms with Crippen molar-refractivity contribution in [3.63, 3.8) is 0 Å². The highest BCUT2D eigenvalue weighted by atomic mass is 19.1. The molecule has 2 aromatic carbocycles. The van der Waals surface area contributed by atoms with Gasteiger partial charge in [-0.2, -0.15) is 0 Å². The molecule has 6 heteroatoms. The summed E-state index contributed by atoms with van der Waals surface area (Å²) >= 11 is 0. The molecule has 0 aliphatic carbocycles. The minimum Gasteiger partial charge on any atom is -0.356 e. The van der Waals surface area contributed by atoms with E-state index in [1.54, 1.807) is 17.0 Å². The van der Waals surface area contributed by atoms with Crippen molar-refractivity contribution in [1.82, 2.24) is 10.2 Å². The molecule has 2 amide bonds. The summed E-state index contributed by atoms with van der Waals surface area (Å²) in [7, 11) is 0. The van der Waals surface area contributed by atoms with Gasteiger partial charge in [0.05, 0.1) is 6.04 Å². The van der Waals surface area contributed by atoms with Crippen LogP contribution < -0.4 is 5.32 Å².